The average Bonchev–Trinajstić information content (AvgIpc) is 2.80. The quantitative estimate of drug-likeness (QED) is 0.650. The van der Waals surface area contributed by atoms with Gasteiger partial charge >= 0.3 is 0 Å². The van der Waals surface area contributed by atoms with Crippen LogP contribution in [-0.2, 0) is 4.79 Å². The van der Waals surface area contributed by atoms with Crippen molar-refractivity contribution in [3.05, 3.63) is 71.9 Å². The van der Waals surface area contributed by atoms with Crippen molar-refractivity contribution in [3.8, 4) is 5.75 Å². The predicted octanol–water partition coefficient (Wildman–Crippen LogP) is 3.68. The van der Waals surface area contributed by atoms with Crippen molar-refractivity contribution in [3.63, 3.8) is 0 Å². The van der Waals surface area contributed by atoms with E-state index in [1.807, 2.05) is 78.2 Å². The summed E-state index contributed by atoms with van der Waals surface area (Å²) in [5, 5.41) is 0.897. The minimum atomic E-state index is -0.634. The van der Waals surface area contributed by atoms with Gasteiger partial charge in [0.05, 0.1) is 5.52 Å². The fourth-order valence-corrected chi connectivity index (χ4v) is 4.10. The fraction of sp³-hybridized carbons (Fsp3) is 0.320. The smallest absolute Gasteiger partial charge is 0.263 e. The third-order valence-electron chi connectivity index (χ3n) is 5.80. The Hall–Kier alpha value is -3.41. The van der Waals surface area contributed by atoms with Crippen molar-refractivity contribution in [2.24, 2.45) is 0 Å². The molecule has 2 atom stereocenters. The summed E-state index contributed by atoms with van der Waals surface area (Å²) >= 11 is 0. The molecule has 0 unspecified atom stereocenters. The Morgan fingerprint density at radius 2 is 1.84 bits per heavy atom. The number of benzene rings is 2. The molecule has 0 radical (unpaired) electrons. The molecule has 160 valence electrons. The van der Waals surface area contributed by atoms with Crippen LogP contribution in [0.15, 0.2) is 60.8 Å². The highest BCUT2D eigenvalue weighted by molar-refractivity contribution is 5.94. The van der Waals surface area contributed by atoms with Crippen LogP contribution in [0.3, 0.4) is 0 Å². The van der Waals surface area contributed by atoms with Gasteiger partial charge in [-0.2, -0.15) is 0 Å². The zero-order chi connectivity index (χ0) is 22.0. The third kappa shape index (κ3) is 4.24. The van der Waals surface area contributed by atoms with Gasteiger partial charge in [0.2, 0.25) is 0 Å². The van der Waals surface area contributed by atoms with Crippen molar-refractivity contribution in [2.75, 3.05) is 19.6 Å². The Bertz CT molecular complexity index is 1100. The Balaban J connectivity index is 1.43. The molecule has 3 aromatic rings. The molecule has 0 spiro atoms. The van der Waals surface area contributed by atoms with Crippen LogP contribution in [0.5, 0.6) is 5.75 Å². The van der Waals surface area contributed by atoms with Gasteiger partial charge < -0.3 is 14.5 Å². The number of fused-ring (bicyclic) bond motifs is 1. The van der Waals surface area contributed by atoms with Crippen LogP contribution >= 0.6 is 0 Å². The predicted molar refractivity (Wildman–Crippen MR) is 120 cm³/mol. The molecule has 0 N–H and O–H groups in total. The van der Waals surface area contributed by atoms with Gasteiger partial charge in [-0.05, 0) is 56.7 Å². The molecule has 0 aliphatic carbocycles. The first-order chi connectivity index (χ1) is 15.0. The number of pyridine rings is 1. The summed E-state index contributed by atoms with van der Waals surface area (Å²) < 4.78 is 6.08. The Labute approximate surface area is 182 Å². The SMILES string of the molecule is Cc1ccc(O[C@@H](C)C(=O)N2CCN(C(=O)c3ccccc3)C[C@H]2C)c2cccnc12. The second kappa shape index (κ2) is 8.76. The number of ether oxygens (including phenoxy) is 1. The number of piperazine rings is 1. The van der Waals surface area contributed by atoms with Crippen LogP contribution < -0.4 is 4.74 Å². The number of aromatic nitrogens is 1. The number of hydrogen-bond donors (Lipinski definition) is 0. The Kier molecular flexibility index (Phi) is 5.89. The molecular formula is C25H27N3O3. The molecule has 6 heteroatoms. The van der Waals surface area contributed by atoms with Crippen LogP contribution in [0.4, 0.5) is 0 Å². The van der Waals surface area contributed by atoms with Crippen LogP contribution in [-0.4, -0.2) is 58.4 Å². The Morgan fingerprint density at radius 3 is 2.58 bits per heavy atom. The molecule has 1 saturated heterocycles. The first kappa shape index (κ1) is 20.8. The lowest BCUT2D eigenvalue weighted by atomic mass is 10.1. The lowest BCUT2D eigenvalue weighted by molar-refractivity contribution is -0.142. The minimum absolute atomic E-state index is 0.00229. The largest absolute Gasteiger partial charge is 0.480 e. The standard InChI is InChI=1S/C25H27N3O3/c1-17-11-12-22(21-10-7-13-26-23(17)21)31-19(3)24(29)28-15-14-27(16-18(28)2)25(30)20-8-5-4-6-9-20/h4-13,18-19H,14-16H2,1-3H3/t18-,19+/m1/s1. The molecule has 1 aliphatic heterocycles. The summed E-state index contributed by atoms with van der Waals surface area (Å²) in [6, 6.07) is 16.8. The van der Waals surface area contributed by atoms with Gasteiger partial charge in [-0.25, -0.2) is 0 Å². The molecule has 0 saturated carbocycles. The zero-order valence-electron chi connectivity index (χ0n) is 18.1. The molecule has 2 amide bonds. The molecule has 0 bridgehead atoms. The van der Waals surface area contributed by atoms with Crippen LogP contribution in [0.2, 0.25) is 0 Å². The van der Waals surface area contributed by atoms with Gasteiger partial charge in [-0.3, -0.25) is 14.6 Å². The summed E-state index contributed by atoms with van der Waals surface area (Å²) in [6.07, 6.45) is 1.12. The molecule has 6 nitrogen and oxygen atoms in total. The van der Waals surface area contributed by atoms with Crippen LogP contribution in [0.1, 0.15) is 29.8 Å². The van der Waals surface area contributed by atoms with E-state index < -0.39 is 6.10 Å². The molecule has 2 heterocycles. The second-order valence-electron chi connectivity index (χ2n) is 8.04. The van der Waals surface area contributed by atoms with Crippen molar-refractivity contribution in [2.45, 2.75) is 32.9 Å². The average molecular weight is 418 g/mol. The van der Waals surface area contributed by atoms with Gasteiger partial charge in [0, 0.05) is 42.8 Å². The lowest BCUT2D eigenvalue weighted by Gasteiger charge is -2.40. The highest BCUT2D eigenvalue weighted by atomic mass is 16.5. The maximum atomic E-state index is 13.1. The molecular weight excluding hydrogens is 390 g/mol. The van der Waals surface area contributed by atoms with Crippen LogP contribution in [0, 0.1) is 6.92 Å². The fourth-order valence-electron chi connectivity index (χ4n) is 4.10. The van der Waals surface area contributed by atoms with E-state index >= 15 is 0 Å². The monoisotopic (exact) mass is 417 g/mol. The summed E-state index contributed by atoms with van der Waals surface area (Å²) in [6.45, 7) is 7.25. The van der Waals surface area contributed by atoms with E-state index in [-0.39, 0.29) is 17.9 Å². The lowest BCUT2D eigenvalue weighted by Crippen LogP contribution is -2.57. The van der Waals surface area contributed by atoms with Gasteiger partial charge in [0.1, 0.15) is 5.75 Å². The maximum Gasteiger partial charge on any atom is 0.263 e. The first-order valence-corrected chi connectivity index (χ1v) is 10.6. The number of carbonyl (C=O) groups is 2. The van der Waals surface area contributed by atoms with Gasteiger partial charge in [0.25, 0.3) is 11.8 Å². The highest BCUT2D eigenvalue weighted by Gasteiger charge is 2.33. The van der Waals surface area contributed by atoms with Crippen molar-refractivity contribution in [1.82, 2.24) is 14.8 Å². The topological polar surface area (TPSA) is 62.7 Å². The van der Waals surface area contributed by atoms with Crippen molar-refractivity contribution < 1.29 is 14.3 Å². The van der Waals surface area contributed by atoms with E-state index in [0.29, 0.717) is 30.9 Å². The third-order valence-corrected chi connectivity index (χ3v) is 5.80. The number of carbonyl (C=O) groups excluding carboxylic acids is 2. The number of amides is 2. The minimum Gasteiger partial charge on any atom is -0.480 e. The molecule has 1 aromatic heterocycles. The van der Waals surface area contributed by atoms with Gasteiger partial charge in [0.15, 0.2) is 6.10 Å². The van der Waals surface area contributed by atoms with E-state index in [0.717, 1.165) is 16.5 Å². The van der Waals surface area contributed by atoms with Gasteiger partial charge in [-0.1, -0.05) is 24.3 Å². The van der Waals surface area contributed by atoms with E-state index in [1.54, 1.807) is 13.1 Å². The molecule has 1 fully saturated rings. The molecule has 31 heavy (non-hydrogen) atoms. The number of hydrogen-bond acceptors (Lipinski definition) is 4. The van der Waals surface area contributed by atoms with E-state index in [9.17, 15) is 9.59 Å². The second-order valence-corrected chi connectivity index (χ2v) is 8.04. The summed E-state index contributed by atoms with van der Waals surface area (Å²) in [4.78, 5) is 33.9. The van der Waals surface area contributed by atoms with Gasteiger partial charge in [-0.15, -0.1) is 0 Å². The maximum absolute atomic E-state index is 13.1. The highest BCUT2D eigenvalue weighted by Crippen LogP contribution is 2.28. The van der Waals surface area contributed by atoms with E-state index in [1.165, 1.54) is 0 Å². The van der Waals surface area contributed by atoms with E-state index in [4.69, 9.17) is 4.74 Å². The summed E-state index contributed by atoms with van der Waals surface area (Å²) in [5.74, 6) is 0.583. The number of rotatable bonds is 4. The molecule has 2 aromatic carbocycles. The first-order valence-electron chi connectivity index (χ1n) is 10.6. The van der Waals surface area contributed by atoms with Crippen molar-refractivity contribution >= 4 is 22.7 Å². The Morgan fingerprint density at radius 1 is 1.06 bits per heavy atom. The summed E-state index contributed by atoms with van der Waals surface area (Å²) in [5.41, 5.74) is 2.61. The number of aryl methyl sites for hydroxylation is 1. The van der Waals surface area contributed by atoms with Crippen molar-refractivity contribution in [1.29, 1.82) is 0 Å². The zero-order valence-corrected chi connectivity index (χ0v) is 18.1. The summed E-state index contributed by atoms with van der Waals surface area (Å²) in [7, 11) is 0. The number of nitrogens with zero attached hydrogens (tertiary/aromatic N) is 3. The molecule has 1 aliphatic rings. The molecule has 4 rings (SSSR count). The normalized spacial score (nSPS) is 17.5. The van der Waals surface area contributed by atoms with E-state index in [2.05, 4.69) is 4.98 Å². The van der Waals surface area contributed by atoms with Crippen LogP contribution in [0.25, 0.3) is 10.9 Å².